The SMILES string of the molecule is CN1CCN(c2ccc(-c3ccc(NC(=O)c4ccc(Cl)c(Cl)c4)cc3)nn2)CC1. The molecule has 1 saturated heterocycles. The highest BCUT2D eigenvalue weighted by Gasteiger charge is 2.16. The van der Waals surface area contributed by atoms with Crippen molar-refractivity contribution in [3.8, 4) is 11.3 Å². The topological polar surface area (TPSA) is 61.4 Å². The summed E-state index contributed by atoms with van der Waals surface area (Å²) in [5.74, 6) is 0.648. The van der Waals surface area contributed by atoms with Crippen LogP contribution in [-0.2, 0) is 0 Å². The van der Waals surface area contributed by atoms with Crippen molar-refractivity contribution in [2.75, 3.05) is 43.4 Å². The third-order valence-corrected chi connectivity index (χ3v) is 5.84. The smallest absolute Gasteiger partial charge is 0.255 e. The molecule has 4 rings (SSSR count). The second kappa shape index (κ2) is 9.00. The number of hydrogen-bond donors (Lipinski definition) is 1. The monoisotopic (exact) mass is 441 g/mol. The Hall–Kier alpha value is -2.67. The molecule has 8 heteroatoms. The first-order valence-corrected chi connectivity index (χ1v) is 10.4. The Morgan fingerprint density at radius 1 is 0.900 bits per heavy atom. The Kier molecular flexibility index (Phi) is 6.18. The van der Waals surface area contributed by atoms with Gasteiger partial charge in [0.05, 0.1) is 15.7 Å². The molecule has 3 aromatic rings. The van der Waals surface area contributed by atoms with Gasteiger partial charge in [-0.1, -0.05) is 35.3 Å². The molecule has 0 radical (unpaired) electrons. The van der Waals surface area contributed by atoms with E-state index in [2.05, 4.69) is 32.4 Å². The Morgan fingerprint density at radius 3 is 2.27 bits per heavy atom. The fourth-order valence-electron chi connectivity index (χ4n) is 3.25. The summed E-state index contributed by atoms with van der Waals surface area (Å²) in [7, 11) is 2.13. The zero-order valence-corrected chi connectivity index (χ0v) is 18.0. The van der Waals surface area contributed by atoms with Crippen molar-refractivity contribution in [3.05, 3.63) is 70.2 Å². The molecular weight excluding hydrogens is 421 g/mol. The molecule has 0 spiro atoms. The molecule has 2 heterocycles. The van der Waals surface area contributed by atoms with Gasteiger partial charge in [-0.25, -0.2) is 0 Å². The Morgan fingerprint density at radius 2 is 1.63 bits per heavy atom. The molecule has 1 amide bonds. The van der Waals surface area contributed by atoms with E-state index >= 15 is 0 Å². The van der Waals surface area contributed by atoms with Crippen LogP contribution >= 0.6 is 23.2 Å². The quantitative estimate of drug-likeness (QED) is 0.647. The van der Waals surface area contributed by atoms with E-state index in [-0.39, 0.29) is 5.91 Å². The highest BCUT2D eigenvalue weighted by atomic mass is 35.5. The van der Waals surface area contributed by atoms with Gasteiger partial charge in [-0.3, -0.25) is 4.79 Å². The maximum atomic E-state index is 12.4. The van der Waals surface area contributed by atoms with Gasteiger partial charge < -0.3 is 15.1 Å². The summed E-state index contributed by atoms with van der Waals surface area (Å²) >= 11 is 11.9. The van der Waals surface area contributed by atoms with E-state index in [1.54, 1.807) is 18.2 Å². The number of benzene rings is 2. The molecule has 1 aliphatic heterocycles. The lowest BCUT2D eigenvalue weighted by Crippen LogP contribution is -2.44. The van der Waals surface area contributed by atoms with Gasteiger partial charge in [-0.15, -0.1) is 10.2 Å². The number of carbonyl (C=O) groups excluding carboxylic acids is 1. The number of anilines is 2. The van der Waals surface area contributed by atoms with Crippen LogP contribution in [0.15, 0.2) is 54.6 Å². The predicted octanol–water partition coefficient (Wildman–Crippen LogP) is 4.45. The third kappa shape index (κ3) is 4.73. The van der Waals surface area contributed by atoms with Crippen LogP contribution in [0.5, 0.6) is 0 Å². The van der Waals surface area contributed by atoms with Gasteiger partial charge in [-0.05, 0) is 49.5 Å². The second-order valence-corrected chi connectivity index (χ2v) is 8.04. The van der Waals surface area contributed by atoms with Gasteiger partial charge in [0, 0.05) is 43.0 Å². The molecule has 0 atom stereocenters. The number of likely N-dealkylation sites (N-methyl/N-ethyl adjacent to an activating group) is 1. The van der Waals surface area contributed by atoms with Crippen molar-refractivity contribution < 1.29 is 4.79 Å². The van der Waals surface area contributed by atoms with E-state index in [0.717, 1.165) is 43.3 Å². The lowest BCUT2D eigenvalue weighted by atomic mass is 10.1. The van der Waals surface area contributed by atoms with Crippen LogP contribution < -0.4 is 10.2 Å². The van der Waals surface area contributed by atoms with E-state index in [9.17, 15) is 4.79 Å². The molecular formula is C22H21Cl2N5O. The highest BCUT2D eigenvalue weighted by Crippen LogP contribution is 2.24. The minimum atomic E-state index is -0.252. The van der Waals surface area contributed by atoms with Crippen molar-refractivity contribution in [3.63, 3.8) is 0 Å². The number of rotatable bonds is 4. The van der Waals surface area contributed by atoms with E-state index in [4.69, 9.17) is 23.2 Å². The van der Waals surface area contributed by atoms with Crippen LogP contribution in [0.4, 0.5) is 11.5 Å². The van der Waals surface area contributed by atoms with Gasteiger partial charge in [0.2, 0.25) is 0 Å². The first kappa shape index (κ1) is 20.6. The van der Waals surface area contributed by atoms with Crippen molar-refractivity contribution in [2.24, 2.45) is 0 Å². The maximum absolute atomic E-state index is 12.4. The summed E-state index contributed by atoms with van der Waals surface area (Å²) < 4.78 is 0. The van der Waals surface area contributed by atoms with Crippen LogP contribution in [0, 0.1) is 0 Å². The molecule has 2 aromatic carbocycles. The standard InChI is InChI=1S/C22H21Cl2N5O/c1-28-10-12-29(13-11-28)21-9-8-20(26-27-21)15-2-5-17(6-3-15)25-22(30)16-4-7-18(23)19(24)14-16/h2-9,14H,10-13H2,1H3,(H,25,30). The molecule has 0 saturated carbocycles. The largest absolute Gasteiger partial charge is 0.353 e. The van der Waals surface area contributed by atoms with Gasteiger partial charge in [0.15, 0.2) is 5.82 Å². The number of amides is 1. The van der Waals surface area contributed by atoms with E-state index in [1.165, 1.54) is 0 Å². The lowest BCUT2D eigenvalue weighted by molar-refractivity contribution is 0.102. The average Bonchev–Trinajstić information content (AvgIpc) is 2.77. The van der Waals surface area contributed by atoms with Crippen molar-refractivity contribution in [1.82, 2.24) is 15.1 Å². The molecule has 1 fully saturated rings. The second-order valence-electron chi connectivity index (χ2n) is 7.23. The summed E-state index contributed by atoms with van der Waals surface area (Å²) in [6, 6.07) is 16.3. The van der Waals surface area contributed by atoms with E-state index < -0.39 is 0 Å². The minimum absolute atomic E-state index is 0.252. The zero-order chi connectivity index (χ0) is 21.1. The molecule has 0 bridgehead atoms. The molecule has 1 N–H and O–H groups in total. The summed E-state index contributed by atoms with van der Waals surface area (Å²) in [5, 5.41) is 12.4. The Bertz CT molecular complexity index is 1030. The molecule has 1 aromatic heterocycles. The van der Waals surface area contributed by atoms with Gasteiger partial charge in [0.25, 0.3) is 5.91 Å². The van der Waals surface area contributed by atoms with Crippen molar-refractivity contribution in [2.45, 2.75) is 0 Å². The van der Waals surface area contributed by atoms with Crippen LogP contribution in [0.25, 0.3) is 11.3 Å². The predicted molar refractivity (Wildman–Crippen MR) is 122 cm³/mol. The van der Waals surface area contributed by atoms with Gasteiger partial charge in [0.1, 0.15) is 0 Å². The average molecular weight is 442 g/mol. The Balaban J connectivity index is 1.41. The normalized spacial score (nSPS) is 14.6. The number of nitrogens with zero attached hydrogens (tertiary/aromatic N) is 4. The molecule has 1 aliphatic rings. The van der Waals surface area contributed by atoms with Gasteiger partial charge in [-0.2, -0.15) is 0 Å². The van der Waals surface area contributed by atoms with Gasteiger partial charge >= 0.3 is 0 Å². The molecule has 6 nitrogen and oxygen atoms in total. The first-order chi connectivity index (χ1) is 14.5. The molecule has 30 heavy (non-hydrogen) atoms. The summed E-state index contributed by atoms with van der Waals surface area (Å²) in [6.45, 7) is 3.97. The van der Waals surface area contributed by atoms with Crippen molar-refractivity contribution >= 4 is 40.6 Å². The number of hydrogen-bond acceptors (Lipinski definition) is 5. The lowest BCUT2D eigenvalue weighted by Gasteiger charge is -2.32. The third-order valence-electron chi connectivity index (χ3n) is 5.10. The fraction of sp³-hybridized carbons (Fsp3) is 0.227. The van der Waals surface area contributed by atoms with E-state index in [1.807, 2.05) is 36.4 Å². The zero-order valence-electron chi connectivity index (χ0n) is 16.5. The molecule has 0 unspecified atom stereocenters. The minimum Gasteiger partial charge on any atom is -0.353 e. The van der Waals surface area contributed by atoms with Crippen LogP contribution in [-0.4, -0.2) is 54.2 Å². The summed E-state index contributed by atoms with van der Waals surface area (Å²) in [5.41, 5.74) is 2.84. The molecule has 154 valence electrons. The number of piperazine rings is 1. The summed E-state index contributed by atoms with van der Waals surface area (Å²) in [4.78, 5) is 17.0. The molecule has 0 aliphatic carbocycles. The van der Waals surface area contributed by atoms with Crippen LogP contribution in [0.1, 0.15) is 10.4 Å². The fourth-order valence-corrected chi connectivity index (χ4v) is 3.55. The van der Waals surface area contributed by atoms with Crippen LogP contribution in [0.2, 0.25) is 10.0 Å². The number of aromatic nitrogens is 2. The van der Waals surface area contributed by atoms with Crippen LogP contribution in [0.3, 0.4) is 0 Å². The number of carbonyl (C=O) groups is 1. The highest BCUT2D eigenvalue weighted by molar-refractivity contribution is 6.42. The number of nitrogens with one attached hydrogen (secondary N) is 1. The maximum Gasteiger partial charge on any atom is 0.255 e. The summed E-state index contributed by atoms with van der Waals surface area (Å²) in [6.07, 6.45) is 0. The Labute approximate surface area is 185 Å². The van der Waals surface area contributed by atoms with E-state index in [0.29, 0.717) is 21.3 Å². The first-order valence-electron chi connectivity index (χ1n) is 9.64. The number of halogens is 2. The van der Waals surface area contributed by atoms with Crippen molar-refractivity contribution in [1.29, 1.82) is 0 Å².